The minimum Gasteiger partial charge on any atom is -0.377 e. The van der Waals surface area contributed by atoms with Gasteiger partial charge in [-0.05, 0) is 48.1 Å². The zero-order chi connectivity index (χ0) is 13.1. The fourth-order valence-electron chi connectivity index (χ4n) is 2.03. The lowest BCUT2D eigenvalue weighted by Crippen LogP contribution is -2.15. The highest BCUT2D eigenvalue weighted by molar-refractivity contribution is 9.10. The minimum atomic E-state index is 0.374. The summed E-state index contributed by atoms with van der Waals surface area (Å²) in [6.45, 7) is 6.62. The Labute approximate surface area is 121 Å². The molecule has 2 aromatic rings. The van der Waals surface area contributed by atoms with Crippen molar-refractivity contribution in [2.45, 2.75) is 26.8 Å². The second-order valence-corrected chi connectivity index (χ2v) is 6.79. The quantitative estimate of drug-likeness (QED) is 0.769. The molecule has 0 aliphatic rings. The third kappa shape index (κ3) is 3.36. The van der Waals surface area contributed by atoms with Crippen LogP contribution in [0, 0.1) is 12.8 Å². The largest absolute Gasteiger partial charge is 0.377 e. The SMILES string of the molecule is Cc1cc(Br)cc(NC(c2cccs2)C(C)C)c1. The Kier molecular flexibility index (Phi) is 4.46. The third-order valence-electron chi connectivity index (χ3n) is 2.88. The highest BCUT2D eigenvalue weighted by atomic mass is 79.9. The Bertz CT molecular complexity index is 485. The number of halogens is 1. The van der Waals surface area contributed by atoms with Crippen molar-refractivity contribution in [2.24, 2.45) is 5.92 Å². The van der Waals surface area contributed by atoms with Crippen LogP contribution in [0.25, 0.3) is 0 Å². The molecule has 2 rings (SSSR count). The van der Waals surface area contributed by atoms with Gasteiger partial charge in [-0.3, -0.25) is 0 Å². The summed E-state index contributed by atoms with van der Waals surface area (Å²) in [4.78, 5) is 1.39. The molecule has 0 aliphatic heterocycles. The Morgan fingerprint density at radius 3 is 2.56 bits per heavy atom. The van der Waals surface area contributed by atoms with Gasteiger partial charge in [0.25, 0.3) is 0 Å². The summed E-state index contributed by atoms with van der Waals surface area (Å²) in [6.07, 6.45) is 0. The van der Waals surface area contributed by atoms with E-state index in [-0.39, 0.29) is 0 Å². The van der Waals surface area contributed by atoms with E-state index in [2.05, 4.69) is 77.7 Å². The summed E-state index contributed by atoms with van der Waals surface area (Å²) in [5.41, 5.74) is 2.44. The van der Waals surface area contributed by atoms with Crippen LogP contribution in [-0.2, 0) is 0 Å². The van der Waals surface area contributed by atoms with Gasteiger partial charge in [-0.25, -0.2) is 0 Å². The minimum absolute atomic E-state index is 0.374. The fraction of sp³-hybridized carbons (Fsp3) is 0.333. The molecular formula is C15H18BrNS. The van der Waals surface area contributed by atoms with E-state index >= 15 is 0 Å². The third-order valence-corrected chi connectivity index (χ3v) is 4.29. The van der Waals surface area contributed by atoms with E-state index < -0.39 is 0 Å². The standard InChI is InChI=1S/C15H18BrNS/c1-10(2)15(14-5-4-6-18-14)17-13-8-11(3)7-12(16)9-13/h4-10,15,17H,1-3H3. The van der Waals surface area contributed by atoms with Crippen molar-refractivity contribution in [3.05, 3.63) is 50.6 Å². The Morgan fingerprint density at radius 2 is 2.00 bits per heavy atom. The van der Waals surface area contributed by atoms with Gasteiger partial charge in [-0.2, -0.15) is 0 Å². The van der Waals surface area contributed by atoms with Crippen LogP contribution in [0.1, 0.15) is 30.3 Å². The molecule has 0 saturated heterocycles. The van der Waals surface area contributed by atoms with Gasteiger partial charge in [0.2, 0.25) is 0 Å². The summed E-state index contributed by atoms with van der Waals surface area (Å²) in [5.74, 6) is 0.558. The average molecular weight is 324 g/mol. The molecule has 0 radical (unpaired) electrons. The molecule has 1 atom stereocenters. The van der Waals surface area contributed by atoms with E-state index in [1.165, 1.54) is 16.1 Å². The number of hydrogen-bond acceptors (Lipinski definition) is 2. The number of hydrogen-bond donors (Lipinski definition) is 1. The molecule has 3 heteroatoms. The van der Waals surface area contributed by atoms with Gasteiger partial charge in [0, 0.05) is 15.0 Å². The second-order valence-electron chi connectivity index (χ2n) is 4.90. The van der Waals surface area contributed by atoms with Gasteiger partial charge in [0.1, 0.15) is 0 Å². The van der Waals surface area contributed by atoms with Gasteiger partial charge >= 0.3 is 0 Å². The summed E-state index contributed by atoms with van der Waals surface area (Å²) in [7, 11) is 0. The first-order valence-corrected chi connectivity index (χ1v) is 7.80. The summed E-state index contributed by atoms with van der Waals surface area (Å²) < 4.78 is 1.12. The number of thiophene rings is 1. The summed E-state index contributed by atoms with van der Waals surface area (Å²) in [5, 5.41) is 5.78. The Morgan fingerprint density at radius 1 is 1.22 bits per heavy atom. The number of aryl methyl sites for hydroxylation is 1. The zero-order valence-corrected chi connectivity index (χ0v) is 13.3. The van der Waals surface area contributed by atoms with Crippen molar-refractivity contribution in [1.29, 1.82) is 0 Å². The second kappa shape index (κ2) is 5.89. The molecule has 0 fully saturated rings. The van der Waals surface area contributed by atoms with Crippen LogP contribution in [0.3, 0.4) is 0 Å². The molecule has 1 unspecified atom stereocenters. The van der Waals surface area contributed by atoms with Crippen LogP contribution < -0.4 is 5.32 Å². The van der Waals surface area contributed by atoms with Gasteiger partial charge in [-0.1, -0.05) is 35.8 Å². The van der Waals surface area contributed by atoms with E-state index in [0.29, 0.717) is 12.0 Å². The predicted molar refractivity (Wildman–Crippen MR) is 84.4 cm³/mol. The van der Waals surface area contributed by atoms with E-state index in [9.17, 15) is 0 Å². The lowest BCUT2D eigenvalue weighted by Gasteiger charge is -2.23. The van der Waals surface area contributed by atoms with Gasteiger partial charge in [0.15, 0.2) is 0 Å². The molecule has 0 bridgehead atoms. The van der Waals surface area contributed by atoms with Crippen LogP contribution >= 0.6 is 27.3 Å². The average Bonchev–Trinajstić information content (AvgIpc) is 2.77. The van der Waals surface area contributed by atoms with E-state index in [4.69, 9.17) is 0 Å². The van der Waals surface area contributed by atoms with Crippen molar-refractivity contribution in [2.75, 3.05) is 5.32 Å². The first kappa shape index (κ1) is 13.6. The number of anilines is 1. The molecule has 1 aromatic heterocycles. The van der Waals surface area contributed by atoms with Crippen molar-refractivity contribution in [3.8, 4) is 0 Å². The molecule has 1 heterocycles. The van der Waals surface area contributed by atoms with Gasteiger partial charge in [-0.15, -0.1) is 11.3 Å². The molecule has 0 aliphatic carbocycles. The normalized spacial score (nSPS) is 12.7. The maximum absolute atomic E-state index is 3.64. The van der Waals surface area contributed by atoms with Crippen molar-refractivity contribution < 1.29 is 0 Å². The molecule has 1 N–H and O–H groups in total. The van der Waals surface area contributed by atoms with E-state index in [1.54, 1.807) is 0 Å². The highest BCUT2D eigenvalue weighted by Crippen LogP contribution is 2.31. The molecule has 0 saturated carbocycles. The van der Waals surface area contributed by atoms with E-state index in [0.717, 1.165) is 4.47 Å². The van der Waals surface area contributed by atoms with Gasteiger partial charge < -0.3 is 5.32 Å². The summed E-state index contributed by atoms with van der Waals surface area (Å²) in [6, 6.07) is 11.1. The van der Waals surface area contributed by atoms with Crippen molar-refractivity contribution >= 4 is 33.0 Å². The van der Waals surface area contributed by atoms with E-state index in [1.807, 2.05) is 11.3 Å². The Hall–Kier alpha value is -0.800. The molecular weight excluding hydrogens is 306 g/mol. The summed E-state index contributed by atoms with van der Waals surface area (Å²) >= 11 is 5.36. The number of nitrogens with one attached hydrogen (secondary N) is 1. The zero-order valence-electron chi connectivity index (χ0n) is 10.9. The molecule has 0 amide bonds. The predicted octanol–water partition coefficient (Wildman–Crippen LogP) is 5.63. The number of rotatable bonds is 4. The lowest BCUT2D eigenvalue weighted by atomic mass is 10.0. The molecule has 96 valence electrons. The van der Waals surface area contributed by atoms with Crippen molar-refractivity contribution in [3.63, 3.8) is 0 Å². The monoisotopic (exact) mass is 323 g/mol. The van der Waals surface area contributed by atoms with Gasteiger partial charge in [0.05, 0.1) is 6.04 Å². The lowest BCUT2D eigenvalue weighted by molar-refractivity contribution is 0.554. The number of benzene rings is 1. The fourth-order valence-corrected chi connectivity index (χ4v) is 3.59. The maximum Gasteiger partial charge on any atom is 0.0629 e. The van der Waals surface area contributed by atoms with Crippen molar-refractivity contribution in [1.82, 2.24) is 0 Å². The van der Waals surface area contributed by atoms with Crippen LogP contribution in [0.4, 0.5) is 5.69 Å². The molecule has 1 nitrogen and oxygen atoms in total. The van der Waals surface area contributed by atoms with Crippen LogP contribution in [-0.4, -0.2) is 0 Å². The van der Waals surface area contributed by atoms with Crippen LogP contribution in [0.2, 0.25) is 0 Å². The maximum atomic E-state index is 3.64. The smallest absolute Gasteiger partial charge is 0.0629 e. The molecule has 18 heavy (non-hydrogen) atoms. The highest BCUT2D eigenvalue weighted by Gasteiger charge is 2.16. The molecule has 0 spiro atoms. The topological polar surface area (TPSA) is 12.0 Å². The first-order chi connectivity index (χ1) is 8.56. The van der Waals surface area contributed by atoms with Crippen LogP contribution in [0.5, 0.6) is 0 Å². The Balaban J connectivity index is 2.24. The first-order valence-electron chi connectivity index (χ1n) is 6.13. The molecule has 1 aromatic carbocycles. The van der Waals surface area contributed by atoms with Crippen LogP contribution in [0.15, 0.2) is 40.2 Å².